The molecule has 0 amide bonds. The summed E-state index contributed by atoms with van der Waals surface area (Å²) in [7, 11) is 4.05. The quantitative estimate of drug-likeness (QED) is 0.483. The molecule has 0 bridgehead atoms. The van der Waals surface area contributed by atoms with Crippen molar-refractivity contribution >= 4 is 5.96 Å². The Morgan fingerprint density at radius 2 is 1.77 bits per heavy atom. The highest BCUT2D eigenvalue weighted by Crippen LogP contribution is 2.11. The molecule has 0 saturated carbocycles. The van der Waals surface area contributed by atoms with Crippen LogP contribution in [0.3, 0.4) is 0 Å². The number of hydrogen-bond acceptors (Lipinski definition) is 3. The molecule has 0 atom stereocenters. The molecular formula is C21H33N5. The Balaban J connectivity index is 1.44. The van der Waals surface area contributed by atoms with Gasteiger partial charge in [-0.3, -0.25) is 9.89 Å². The predicted octanol–water partition coefficient (Wildman–Crippen LogP) is 2.21. The monoisotopic (exact) mass is 355 g/mol. The number of likely N-dealkylation sites (N-methyl/N-ethyl adjacent to an activating group) is 1. The van der Waals surface area contributed by atoms with E-state index in [-0.39, 0.29) is 0 Å². The molecule has 1 aliphatic heterocycles. The summed E-state index contributed by atoms with van der Waals surface area (Å²) in [5.41, 5.74) is 2.69. The van der Waals surface area contributed by atoms with E-state index in [9.17, 15) is 0 Å². The van der Waals surface area contributed by atoms with Crippen molar-refractivity contribution < 1.29 is 0 Å². The maximum atomic E-state index is 4.33. The Bertz CT molecular complexity index is 599. The number of guanidine groups is 1. The maximum absolute atomic E-state index is 4.33. The minimum atomic E-state index is 0.483. The number of nitrogens with one attached hydrogen (secondary N) is 2. The molecule has 5 nitrogen and oxygen atoms in total. The first-order chi connectivity index (χ1) is 12.7. The van der Waals surface area contributed by atoms with Gasteiger partial charge in [0.25, 0.3) is 0 Å². The molecule has 26 heavy (non-hydrogen) atoms. The van der Waals surface area contributed by atoms with E-state index >= 15 is 0 Å². The lowest BCUT2D eigenvalue weighted by Crippen LogP contribution is -2.42. The molecule has 0 radical (unpaired) electrons. The number of hydrogen-bond donors (Lipinski definition) is 2. The molecular weight excluding hydrogens is 322 g/mol. The average molecular weight is 356 g/mol. The lowest BCUT2D eigenvalue weighted by molar-refractivity contribution is 0.269. The zero-order valence-electron chi connectivity index (χ0n) is 16.2. The topological polar surface area (TPSA) is 42.9 Å². The largest absolute Gasteiger partial charge is 0.353 e. The van der Waals surface area contributed by atoms with Crippen molar-refractivity contribution in [3.05, 3.63) is 47.5 Å². The molecule has 0 unspecified atom stereocenters. The smallest absolute Gasteiger partial charge is 0.191 e. The molecule has 5 heteroatoms. The van der Waals surface area contributed by atoms with E-state index in [4.69, 9.17) is 0 Å². The van der Waals surface area contributed by atoms with E-state index in [0.717, 1.165) is 38.4 Å². The highest BCUT2D eigenvalue weighted by molar-refractivity contribution is 5.80. The van der Waals surface area contributed by atoms with Crippen LogP contribution in [-0.2, 0) is 13.1 Å². The van der Waals surface area contributed by atoms with Crippen LogP contribution in [0.25, 0.3) is 0 Å². The van der Waals surface area contributed by atoms with Gasteiger partial charge in [-0.05, 0) is 50.5 Å². The van der Waals surface area contributed by atoms with Crippen LogP contribution in [0.1, 0.15) is 30.4 Å². The van der Waals surface area contributed by atoms with Gasteiger partial charge in [-0.2, -0.15) is 0 Å². The fourth-order valence-electron chi connectivity index (χ4n) is 3.59. The Hall–Kier alpha value is -1.85. The first-order valence-electron chi connectivity index (χ1n) is 9.84. The van der Waals surface area contributed by atoms with Crippen molar-refractivity contribution in [3.8, 4) is 0 Å². The van der Waals surface area contributed by atoms with Crippen LogP contribution >= 0.6 is 0 Å². The van der Waals surface area contributed by atoms with Gasteiger partial charge in [-0.25, -0.2) is 0 Å². The van der Waals surface area contributed by atoms with Gasteiger partial charge in [-0.15, -0.1) is 0 Å². The lowest BCUT2D eigenvalue weighted by Gasteiger charge is -2.20. The SMILES string of the molecule is CN=C(NCc1ccc(CN2CCCN(C)CC2)cc1)NC1CC=CC1. The van der Waals surface area contributed by atoms with Crippen molar-refractivity contribution in [1.82, 2.24) is 20.4 Å². The minimum absolute atomic E-state index is 0.483. The molecule has 2 aliphatic rings. The van der Waals surface area contributed by atoms with E-state index < -0.39 is 0 Å². The highest BCUT2D eigenvalue weighted by atomic mass is 15.2. The van der Waals surface area contributed by atoms with Crippen LogP contribution in [0, 0.1) is 0 Å². The third-order valence-corrected chi connectivity index (χ3v) is 5.27. The molecule has 1 heterocycles. The summed E-state index contributed by atoms with van der Waals surface area (Å²) in [6, 6.07) is 9.48. The van der Waals surface area contributed by atoms with E-state index in [1.807, 2.05) is 7.05 Å². The van der Waals surface area contributed by atoms with Gasteiger partial charge in [-0.1, -0.05) is 36.4 Å². The number of aliphatic imine (C=N–C) groups is 1. The van der Waals surface area contributed by atoms with Gasteiger partial charge in [0, 0.05) is 39.3 Å². The van der Waals surface area contributed by atoms with Crippen LogP contribution in [-0.4, -0.2) is 62.1 Å². The lowest BCUT2D eigenvalue weighted by atomic mass is 10.1. The molecule has 0 aromatic heterocycles. The summed E-state index contributed by atoms with van der Waals surface area (Å²) in [4.78, 5) is 9.33. The second-order valence-electron chi connectivity index (χ2n) is 7.46. The number of rotatable bonds is 5. The van der Waals surface area contributed by atoms with Crippen LogP contribution in [0.15, 0.2) is 41.4 Å². The van der Waals surface area contributed by atoms with Crippen molar-refractivity contribution in [3.63, 3.8) is 0 Å². The Labute approximate surface area is 158 Å². The van der Waals surface area contributed by atoms with Gasteiger partial charge in [0.2, 0.25) is 0 Å². The zero-order chi connectivity index (χ0) is 18.2. The highest BCUT2D eigenvalue weighted by Gasteiger charge is 2.13. The second-order valence-corrected chi connectivity index (χ2v) is 7.46. The van der Waals surface area contributed by atoms with Gasteiger partial charge < -0.3 is 15.5 Å². The Morgan fingerprint density at radius 3 is 2.50 bits per heavy atom. The van der Waals surface area contributed by atoms with Crippen molar-refractivity contribution in [2.75, 3.05) is 40.3 Å². The van der Waals surface area contributed by atoms with Gasteiger partial charge >= 0.3 is 0 Å². The van der Waals surface area contributed by atoms with Gasteiger partial charge in [0.1, 0.15) is 0 Å². The van der Waals surface area contributed by atoms with Gasteiger partial charge in [0.05, 0.1) is 0 Å². The molecule has 0 spiro atoms. The third kappa shape index (κ3) is 5.85. The average Bonchev–Trinajstić information content (AvgIpc) is 3.09. The molecule has 142 valence electrons. The Morgan fingerprint density at radius 1 is 1.04 bits per heavy atom. The molecule has 3 rings (SSSR count). The van der Waals surface area contributed by atoms with E-state index in [0.29, 0.717) is 6.04 Å². The summed E-state index contributed by atoms with van der Waals surface area (Å²) < 4.78 is 0. The second kappa shape index (κ2) is 9.74. The zero-order valence-corrected chi connectivity index (χ0v) is 16.2. The van der Waals surface area contributed by atoms with Crippen molar-refractivity contribution in [2.24, 2.45) is 4.99 Å². The summed E-state index contributed by atoms with van der Waals surface area (Å²) in [5.74, 6) is 0.886. The fraction of sp³-hybridized carbons (Fsp3) is 0.571. The summed E-state index contributed by atoms with van der Waals surface area (Å²) >= 11 is 0. The van der Waals surface area contributed by atoms with Crippen LogP contribution in [0.4, 0.5) is 0 Å². The van der Waals surface area contributed by atoms with Crippen LogP contribution in [0.2, 0.25) is 0 Å². The molecule has 1 fully saturated rings. The van der Waals surface area contributed by atoms with Crippen LogP contribution in [0.5, 0.6) is 0 Å². The van der Waals surface area contributed by atoms with E-state index in [1.54, 1.807) is 0 Å². The molecule has 1 saturated heterocycles. The standard InChI is InChI=1S/C21H33N5/c1-22-21(24-20-6-3-4-7-20)23-16-18-8-10-19(11-9-18)17-26-13-5-12-25(2)14-15-26/h3-4,8-11,20H,5-7,12-17H2,1-2H3,(H2,22,23,24). The minimum Gasteiger partial charge on any atom is -0.353 e. The van der Waals surface area contributed by atoms with Gasteiger partial charge in [0.15, 0.2) is 5.96 Å². The molecule has 1 aromatic rings. The Kier molecular flexibility index (Phi) is 7.09. The third-order valence-electron chi connectivity index (χ3n) is 5.27. The van der Waals surface area contributed by atoms with Crippen LogP contribution < -0.4 is 10.6 Å². The fourth-order valence-corrected chi connectivity index (χ4v) is 3.59. The summed E-state index contributed by atoms with van der Waals surface area (Å²) in [6.45, 7) is 6.61. The maximum Gasteiger partial charge on any atom is 0.191 e. The molecule has 1 aromatic carbocycles. The number of nitrogens with zero attached hydrogens (tertiary/aromatic N) is 3. The van der Waals surface area contributed by atoms with E-state index in [2.05, 4.69) is 68.9 Å². The first kappa shape index (κ1) is 18.9. The summed E-state index contributed by atoms with van der Waals surface area (Å²) in [6.07, 6.45) is 7.89. The number of benzene rings is 1. The first-order valence-corrected chi connectivity index (χ1v) is 9.84. The van der Waals surface area contributed by atoms with Crippen molar-refractivity contribution in [1.29, 1.82) is 0 Å². The normalized spacial score (nSPS) is 20.3. The predicted molar refractivity (Wildman–Crippen MR) is 109 cm³/mol. The molecule has 1 aliphatic carbocycles. The van der Waals surface area contributed by atoms with E-state index in [1.165, 1.54) is 37.2 Å². The van der Waals surface area contributed by atoms with Crippen molar-refractivity contribution in [2.45, 2.75) is 38.4 Å². The summed E-state index contributed by atoms with van der Waals surface area (Å²) in [5, 5.41) is 6.90. The molecule has 2 N–H and O–H groups in total.